The SMILES string of the molecule is COc1ccc(S(=O)(=O)N2CCCCC2)cc1NC(=O)COC(=O)c1ccc[nH]1. The molecular weight excluding hydrogens is 398 g/mol. The summed E-state index contributed by atoms with van der Waals surface area (Å²) in [6, 6.07) is 7.45. The standard InChI is InChI=1S/C19H23N3O6S/c1-27-17-8-7-14(29(25,26)22-10-3-2-4-11-22)12-16(17)21-18(23)13-28-19(24)15-6-5-9-20-15/h5-9,12,20H,2-4,10-11,13H2,1H3,(H,21,23). The number of piperidine rings is 1. The Morgan fingerprint density at radius 1 is 1.17 bits per heavy atom. The maximum atomic E-state index is 12.9. The molecule has 1 aromatic carbocycles. The van der Waals surface area contributed by atoms with E-state index >= 15 is 0 Å². The lowest BCUT2D eigenvalue weighted by Crippen LogP contribution is -2.35. The van der Waals surface area contributed by atoms with E-state index in [1.54, 1.807) is 12.3 Å². The van der Waals surface area contributed by atoms with E-state index in [1.165, 1.54) is 35.7 Å². The zero-order valence-corrected chi connectivity index (χ0v) is 16.8. The number of esters is 1. The minimum absolute atomic E-state index is 0.0684. The monoisotopic (exact) mass is 421 g/mol. The highest BCUT2D eigenvalue weighted by Gasteiger charge is 2.27. The van der Waals surface area contributed by atoms with Gasteiger partial charge in [0.25, 0.3) is 5.91 Å². The van der Waals surface area contributed by atoms with E-state index in [0.717, 1.165) is 19.3 Å². The largest absolute Gasteiger partial charge is 0.495 e. The highest BCUT2D eigenvalue weighted by atomic mass is 32.2. The molecule has 0 unspecified atom stereocenters. The van der Waals surface area contributed by atoms with Gasteiger partial charge < -0.3 is 19.8 Å². The van der Waals surface area contributed by atoms with E-state index in [4.69, 9.17) is 9.47 Å². The first-order valence-electron chi connectivity index (χ1n) is 9.20. The van der Waals surface area contributed by atoms with E-state index in [2.05, 4.69) is 10.3 Å². The molecule has 1 aromatic heterocycles. The predicted molar refractivity (Wildman–Crippen MR) is 105 cm³/mol. The molecular formula is C19H23N3O6S. The number of ether oxygens (including phenoxy) is 2. The van der Waals surface area contributed by atoms with Crippen LogP contribution in [0.1, 0.15) is 29.8 Å². The minimum Gasteiger partial charge on any atom is -0.495 e. The Kier molecular flexibility index (Phi) is 6.55. The van der Waals surface area contributed by atoms with Crippen molar-refractivity contribution < 1.29 is 27.5 Å². The zero-order chi connectivity index (χ0) is 20.9. The maximum absolute atomic E-state index is 12.9. The molecule has 0 radical (unpaired) electrons. The van der Waals surface area contributed by atoms with Crippen molar-refractivity contribution in [3.63, 3.8) is 0 Å². The van der Waals surface area contributed by atoms with Crippen LogP contribution >= 0.6 is 0 Å². The number of nitrogens with zero attached hydrogens (tertiary/aromatic N) is 1. The van der Waals surface area contributed by atoms with Gasteiger partial charge in [-0.3, -0.25) is 4.79 Å². The van der Waals surface area contributed by atoms with Crippen molar-refractivity contribution in [2.24, 2.45) is 0 Å². The lowest BCUT2D eigenvalue weighted by Gasteiger charge is -2.26. The summed E-state index contributed by atoms with van der Waals surface area (Å²) >= 11 is 0. The molecule has 1 aliphatic rings. The molecule has 0 saturated carbocycles. The number of hydrogen-bond acceptors (Lipinski definition) is 6. The first-order chi connectivity index (χ1) is 13.9. The molecule has 10 heteroatoms. The average Bonchev–Trinajstić information content (AvgIpc) is 3.27. The van der Waals surface area contributed by atoms with Crippen LogP contribution in [0, 0.1) is 0 Å². The highest BCUT2D eigenvalue weighted by molar-refractivity contribution is 7.89. The van der Waals surface area contributed by atoms with Crippen LogP contribution in [0.15, 0.2) is 41.4 Å². The average molecular weight is 421 g/mol. The van der Waals surface area contributed by atoms with Gasteiger partial charge in [-0.05, 0) is 43.2 Å². The van der Waals surface area contributed by atoms with Crippen molar-refractivity contribution >= 4 is 27.6 Å². The van der Waals surface area contributed by atoms with Crippen LogP contribution in [0.5, 0.6) is 5.75 Å². The number of methoxy groups -OCH3 is 1. The summed E-state index contributed by atoms with van der Waals surface area (Å²) < 4.78 is 37.3. The summed E-state index contributed by atoms with van der Waals surface area (Å²) in [5.41, 5.74) is 0.413. The zero-order valence-electron chi connectivity index (χ0n) is 16.0. The number of carbonyl (C=O) groups is 2. The van der Waals surface area contributed by atoms with E-state index in [0.29, 0.717) is 18.8 Å². The molecule has 0 spiro atoms. The summed E-state index contributed by atoms with van der Waals surface area (Å²) in [5.74, 6) is -0.985. The van der Waals surface area contributed by atoms with Gasteiger partial charge in [-0.15, -0.1) is 0 Å². The number of sulfonamides is 1. The Hall–Kier alpha value is -2.85. The van der Waals surface area contributed by atoms with Gasteiger partial charge >= 0.3 is 5.97 Å². The Morgan fingerprint density at radius 2 is 1.93 bits per heavy atom. The molecule has 1 fully saturated rings. The number of aromatic amines is 1. The normalized spacial score (nSPS) is 14.9. The lowest BCUT2D eigenvalue weighted by molar-refractivity contribution is -0.119. The third-order valence-electron chi connectivity index (χ3n) is 4.55. The van der Waals surface area contributed by atoms with Gasteiger partial charge in [-0.2, -0.15) is 4.31 Å². The first kappa shape index (κ1) is 20.9. The Morgan fingerprint density at radius 3 is 2.59 bits per heavy atom. The quantitative estimate of drug-likeness (QED) is 0.660. The number of H-pyrrole nitrogens is 1. The smallest absolute Gasteiger partial charge is 0.355 e. The van der Waals surface area contributed by atoms with Crippen molar-refractivity contribution in [1.82, 2.24) is 9.29 Å². The number of carbonyl (C=O) groups excluding carboxylic acids is 2. The molecule has 29 heavy (non-hydrogen) atoms. The van der Waals surface area contributed by atoms with Gasteiger partial charge in [0.1, 0.15) is 11.4 Å². The maximum Gasteiger partial charge on any atom is 0.355 e. The van der Waals surface area contributed by atoms with Crippen LogP contribution in [0.2, 0.25) is 0 Å². The Labute approximate surface area is 169 Å². The second kappa shape index (κ2) is 9.10. The summed E-state index contributed by atoms with van der Waals surface area (Å²) in [7, 11) is -2.25. The fourth-order valence-corrected chi connectivity index (χ4v) is 4.60. The summed E-state index contributed by atoms with van der Waals surface area (Å²) in [6.45, 7) is 0.430. The molecule has 0 atom stereocenters. The fourth-order valence-electron chi connectivity index (χ4n) is 3.05. The number of rotatable bonds is 7. The van der Waals surface area contributed by atoms with Crippen molar-refractivity contribution in [1.29, 1.82) is 0 Å². The molecule has 1 aliphatic heterocycles. The van der Waals surface area contributed by atoms with Gasteiger partial charge in [-0.25, -0.2) is 13.2 Å². The number of hydrogen-bond donors (Lipinski definition) is 2. The van der Waals surface area contributed by atoms with Crippen LogP contribution in [0.4, 0.5) is 5.69 Å². The van der Waals surface area contributed by atoms with Gasteiger partial charge in [0, 0.05) is 19.3 Å². The van der Waals surface area contributed by atoms with Gasteiger partial charge in [-0.1, -0.05) is 6.42 Å². The molecule has 1 amide bonds. The number of amides is 1. The highest BCUT2D eigenvalue weighted by Crippen LogP contribution is 2.30. The second-order valence-corrected chi connectivity index (χ2v) is 8.47. The number of anilines is 1. The number of aromatic nitrogens is 1. The van der Waals surface area contributed by atoms with E-state index in [1.807, 2.05) is 0 Å². The van der Waals surface area contributed by atoms with Gasteiger partial charge in [0.2, 0.25) is 10.0 Å². The van der Waals surface area contributed by atoms with Crippen molar-refractivity contribution in [2.75, 3.05) is 32.1 Å². The number of benzene rings is 1. The second-order valence-electron chi connectivity index (χ2n) is 6.53. The Balaban J connectivity index is 1.71. The Bertz CT molecular complexity index is 966. The summed E-state index contributed by atoms with van der Waals surface area (Å²) in [6.07, 6.45) is 4.23. The van der Waals surface area contributed by atoms with Gasteiger partial charge in [0.15, 0.2) is 6.61 Å². The van der Waals surface area contributed by atoms with E-state index in [9.17, 15) is 18.0 Å². The third kappa shape index (κ3) is 4.96. The molecule has 156 valence electrons. The topological polar surface area (TPSA) is 118 Å². The van der Waals surface area contributed by atoms with Gasteiger partial charge in [0.05, 0.1) is 17.7 Å². The van der Waals surface area contributed by atoms with E-state index in [-0.39, 0.29) is 16.3 Å². The van der Waals surface area contributed by atoms with Crippen LogP contribution in [-0.4, -0.2) is 56.4 Å². The summed E-state index contributed by atoms with van der Waals surface area (Å²) in [4.78, 5) is 26.8. The minimum atomic E-state index is -3.66. The van der Waals surface area contributed by atoms with Crippen LogP contribution < -0.4 is 10.1 Å². The van der Waals surface area contributed by atoms with Crippen LogP contribution in [0.25, 0.3) is 0 Å². The molecule has 1 saturated heterocycles. The molecule has 3 rings (SSSR count). The molecule has 2 aromatic rings. The van der Waals surface area contributed by atoms with Crippen LogP contribution in [-0.2, 0) is 19.6 Å². The first-order valence-corrected chi connectivity index (χ1v) is 10.6. The lowest BCUT2D eigenvalue weighted by atomic mass is 10.2. The third-order valence-corrected chi connectivity index (χ3v) is 6.44. The van der Waals surface area contributed by atoms with Crippen molar-refractivity contribution in [2.45, 2.75) is 24.2 Å². The summed E-state index contributed by atoms with van der Waals surface area (Å²) in [5, 5.41) is 2.54. The fraction of sp³-hybridized carbons (Fsp3) is 0.368. The van der Waals surface area contributed by atoms with Crippen molar-refractivity contribution in [3.05, 3.63) is 42.2 Å². The van der Waals surface area contributed by atoms with Crippen LogP contribution in [0.3, 0.4) is 0 Å². The molecule has 0 bridgehead atoms. The molecule has 2 heterocycles. The van der Waals surface area contributed by atoms with Crippen molar-refractivity contribution in [3.8, 4) is 5.75 Å². The number of nitrogens with one attached hydrogen (secondary N) is 2. The molecule has 9 nitrogen and oxygen atoms in total. The predicted octanol–water partition coefficient (Wildman–Crippen LogP) is 1.99. The molecule has 2 N–H and O–H groups in total. The van der Waals surface area contributed by atoms with E-state index < -0.39 is 28.5 Å². The molecule has 0 aliphatic carbocycles.